The van der Waals surface area contributed by atoms with Crippen molar-refractivity contribution in [3.63, 3.8) is 0 Å². The molecule has 0 N–H and O–H groups in total. The van der Waals surface area contributed by atoms with Gasteiger partial charge in [-0.25, -0.2) is 9.18 Å². The Morgan fingerprint density at radius 3 is 2.54 bits per heavy atom. The highest BCUT2D eigenvalue weighted by Gasteiger charge is 2.09. The molecule has 0 aliphatic carbocycles. The molecule has 0 amide bonds. The van der Waals surface area contributed by atoms with Crippen LogP contribution in [0, 0.1) is 5.82 Å². The van der Waals surface area contributed by atoms with E-state index in [0.29, 0.717) is 11.3 Å². The fourth-order valence-corrected chi connectivity index (χ4v) is 2.77. The van der Waals surface area contributed by atoms with E-state index in [-0.39, 0.29) is 12.4 Å². The molecule has 4 rings (SSSR count). The summed E-state index contributed by atoms with van der Waals surface area (Å²) in [4.78, 5) is 11.9. The Hall–Kier alpha value is -3.14. The smallest absolute Gasteiger partial charge is 0.336 e. The second-order valence-corrected chi connectivity index (χ2v) is 5.50. The molecule has 0 radical (unpaired) electrons. The maximum atomic E-state index is 13.0. The highest BCUT2D eigenvalue weighted by atomic mass is 19.1. The summed E-state index contributed by atoms with van der Waals surface area (Å²) in [5.41, 5.74) is 0.867. The van der Waals surface area contributed by atoms with Gasteiger partial charge >= 0.3 is 5.63 Å². The Morgan fingerprint density at radius 2 is 1.71 bits per heavy atom. The molecule has 0 saturated heterocycles. The second-order valence-electron chi connectivity index (χ2n) is 5.50. The molecule has 0 aliphatic rings. The van der Waals surface area contributed by atoms with Gasteiger partial charge in [0.15, 0.2) is 0 Å². The van der Waals surface area contributed by atoms with Gasteiger partial charge in [-0.05, 0) is 29.7 Å². The molecule has 0 fully saturated rings. The van der Waals surface area contributed by atoms with Gasteiger partial charge in [-0.3, -0.25) is 0 Å². The third-order valence-electron chi connectivity index (χ3n) is 3.93. The van der Waals surface area contributed by atoms with Gasteiger partial charge in [-0.15, -0.1) is 0 Å². The zero-order chi connectivity index (χ0) is 16.5. The number of rotatable bonds is 3. The summed E-state index contributed by atoms with van der Waals surface area (Å²) in [5.74, 6) is 0.221. The lowest BCUT2D eigenvalue weighted by atomic mass is 10.0. The van der Waals surface area contributed by atoms with Crippen LogP contribution in [0.2, 0.25) is 0 Å². The van der Waals surface area contributed by atoms with Crippen LogP contribution < -0.4 is 10.4 Å². The van der Waals surface area contributed by atoms with E-state index in [1.165, 1.54) is 18.2 Å². The van der Waals surface area contributed by atoms with Crippen LogP contribution in [0.1, 0.15) is 5.56 Å². The zero-order valence-corrected chi connectivity index (χ0v) is 12.7. The molecule has 0 aliphatic heterocycles. The Bertz CT molecular complexity index is 1080. The lowest BCUT2D eigenvalue weighted by molar-refractivity contribution is 0.306. The van der Waals surface area contributed by atoms with E-state index in [1.807, 2.05) is 36.4 Å². The zero-order valence-electron chi connectivity index (χ0n) is 12.7. The van der Waals surface area contributed by atoms with Crippen molar-refractivity contribution in [2.45, 2.75) is 6.61 Å². The first-order valence-electron chi connectivity index (χ1n) is 7.53. The van der Waals surface area contributed by atoms with Crippen LogP contribution in [0.4, 0.5) is 4.39 Å². The summed E-state index contributed by atoms with van der Waals surface area (Å²) < 4.78 is 24.0. The second kappa shape index (κ2) is 5.81. The quantitative estimate of drug-likeness (QED) is 0.407. The van der Waals surface area contributed by atoms with Crippen LogP contribution >= 0.6 is 0 Å². The molecule has 0 bridgehead atoms. The minimum atomic E-state index is -0.420. The molecule has 3 nitrogen and oxygen atoms in total. The van der Waals surface area contributed by atoms with Gasteiger partial charge in [0.2, 0.25) is 0 Å². The summed E-state index contributed by atoms with van der Waals surface area (Å²) in [5, 5.41) is 2.72. The topological polar surface area (TPSA) is 39.4 Å². The first-order chi connectivity index (χ1) is 11.7. The number of ether oxygens (including phenoxy) is 1. The maximum Gasteiger partial charge on any atom is 0.336 e. The molecule has 4 heteroatoms. The molecule has 24 heavy (non-hydrogen) atoms. The Balaban J connectivity index is 1.78. The summed E-state index contributed by atoms with van der Waals surface area (Å²) in [6, 6.07) is 18.8. The summed E-state index contributed by atoms with van der Waals surface area (Å²) in [6.07, 6.45) is 0. The van der Waals surface area contributed by atoms with Gasteiger partial charge in [0.05, 0.1) is 0 Å². The van der Waals surface area contributed by atoms with Crippen molar-refractivity contribution < 1.29 is 13.5 Å². The number of halogens is 1. The monoisotopic (exact) mass is 320 g/mol. The van der Waals surface area contributed by atoms with Crippen molar-refractivity contribution in [2.75, 3.05) is 0 Å². The van der Waals surface area contributed by atoms with E-state index in [1.54, 1.807) is 12.1 Å². The van der Waals surface area contributed by atoms with Crippen LogP contribution in [-0.2, 0) is 6.61 Å². The Labute approximate surface area is 136 Å². The van der Waals surface area contributed by atoms with E-state index in [9.17, 15) is 9.18 Å². The number of benzene rings is 3. The van der Waals surface area contributed by atoms with Crippen LogP contribution in [0.3, 0.4) is 0 Å². The predicted molar refractivity (Wildman–Crippen MR) is 90.7 cm³/mol. The van der Waals surface area contributed by atoms with Crippen molar-refractivity contribution in [1.29, 1.82) is 0 Å². The average Bonchev–Trinajstić information content (AvgIpc) is 2.61. The van der Waals surface area contributed by atoms with E-state index in [0.717, 1.165) is 21.7 Å². The standard InChI is InChI=1S/C20H13FO3/c21-15-6-8-16(9-7-15)23-12-14-11-19(22)24-20-17-4-2-1-3-13(17)5-10-18(14)20/h1-11H,12H2. The fourth-order valence-electron chi connectivity index (χ4n) is 2.77. The number of fused-ring (bicyclic) bond motifs is 3. The molecule has 3 aromatic carbocycles. The molecular weight excluding hydrogens is 307 g/mol. The highest BCUT2D eigenvalue weighted by molar-refractivity contribution is 6.04. The molecule has 1 aromatic heterocycles. The SMILES string of the molecule is O=c1cc(COc2ccc(F)cc2)c2ccc3ccccc3c2o1. The molecule has 4 aromatic rings. The third-order valence-corrected chi connectivity index (χ3v) is 3.93. The fraction of sp³-hybridized carbons (Fsp3) is 0.0500. The Morgan fingerprint density at radius 1 is 0.917 bits per heavy atom. The van der Waals surface area contributed by atoms with E-state index >= 15 is 0 Å². The van der Waals surface area contributed by atoms with Crippen molar-refractivity contribution in [1.82, 2.24) is 0 Å². The predicted octanol–water partition coefficient (Wildman–Crippen LogP) is 4.66. The molecule has 1 heterocycles. The van der Waals surface area contributed by atoms with Gasteiger partial charge in [-0.1, -0.05) is 36.4 Å². The molecule has 0 saturated carbocycles. The van der Waals surface area contributed by atoms with Crippen LogP contribution in [0.15, 0.2) is 75.9 Å². The summed E-state index contributed by atoms with van der Waals surface area (Å²) in [7, 11) is 0. The first kappa shape index (κ1) is 14.5. The van der Waals surface area contributed by atoms with Crippen LogP contribution in [0.5, 0.6) is 5.75 Å². The van der Waals surface area contributed by atoms with Gasteiger partial charge in [0.25, 0.3) is 0 Å². The van der Waals surface area contributed by atoms with E-state index in [2.05, 4.69) is 0 Å². The van der Waals surface area contributed by atoms with Crippen molar-refractivity contribution >= 4 is 21.7 Å². The van der Waals surface area contributed by atoms with Crippen molar-refractivity contribution in [3.05, 3.63) is 88.5 Å². The maximum absolute atomic E-state index is 13.0. The summed E-state index contributed by atoms with van der Waals surface area (Å²) in [6.45, 7) is 0.200. The third kappa shape index (κ3) is 2.63. The summed E-state index contributed by atoms with van der Waals surface area (Å²) >= 11 is 0. The molecular formula is C20H13FO3. The minimum absolute atomic E-state index is 0.200. The molecule has 0 atom stereocenters. The van der Waals surface area contributed by atoms with Gasteiger partial charge in [0, 0.05) is 22.4 Å². The molecule has 118 valence electrons. The number of hydrogen-bond acceptors (Lipinski definition) is 3. The van der Waals surface area contributed by atoms with E-state index < -0.39 is 5.63 Å². The van der Waals surface area contributed by atoms with Crippen LogP contribution in [0.25, 0.3) is 21.7 Å². The minimum Gasteiger partial charge on any atom is -0.489 e. The lowest BCUT2D eigenvalue weighted by Crippen LogP contribution is -2.04. The van der Waals surface area contributed by atoms with Gasteiger partial charge in [-0.2, -0.15) is 0 Å². The number of hydrogen-bond donors (Lipinski definition) is 0. The average molecular weight is 320 g/mol. The Kier molecular flexibility index (Phi) is 3.50. The van der Waals surface area contributed by atoms with Crippen LogP contribution in [-0.4, -0.2) is 0 Å². The normalized spacial score (nSPS) is 11.0. The molecule has 0 unspecified atom stereocenters. The lowest BCUT2D eigenvalue weighted by Gasteiger charge is -2.09. The van der Waals surface area contributed by atoms with Crippen molar-refractivity contribution in [3.8, 4) is 5.75 Å². The highest BCUT2D eigenvalue weighted by Crippen LogP contribution is 2.27. The van der Waals surface area contributed by atoms with E-state index in [4.69, 9.17) is 9.15 Å². The largest absolute Gasteiger partial charge is 0.489 e. The molecule has 0 spiro atoms. The first-order valence-corrected chi connectivity index (χ1v) is 7.53. The van der Waals surface area contributed by atoms with Crippen molar-refractivity contribution in [2.24, 2.45) is 0 Å². The van der Waals surface area contributed by atoms with Gasteiger partial charge < -0.3 is 9.15 Å². The van der Waals surface area contributed by atoms with Gasteiger partial charge in [0.1, 0.15) is 23.8 Å².